The number of carbonyl (C=O) groups is 1. The molecule has 3 aromatic carbocycles. The molecule has 4 aliphatic rings. The zero-order valence-corrected chi connectivity index (χ0v) is 25.5. The summed E-state index contributed by atoms with van der Waals surface area (Å²) in [5.41, 5.74) is 2.31. The van der Waals surface area contributed by atoms with Gasteiger partial charge in [0.05, 0.1) is 30.3 Å². The Morgan fingerprint density at radius 2 is 1.59 bits per heavy atom. The van der Waals surface area contributed by atoms with Crippen LogP contribution in [0.4, 0.5) is 0 Å². The lowest BCUT2D eigenvalue weighted by Gasteiger charge is -2.57. The van der Waals surface area contributed by atoms with Crippen LogP contribution in [0.1, 0.15) is 55.8 Å². The Morgan fingerprint density at radius 1 is 0.909 bits per heavy atom. The van der Waals surface area contributed by atoms with Crippen LogP contribution in [0.3, 0.4) is 0 Å². The third kappa shape index (κ3) is 4.65. The standard InChI is InChI=1S/C33H35N3O7S/c1-3-42-26-10-11-27-28(17-26)35(33-18-21-13-22(19-33)15-23(14-21)20-33)32(38)36(27)44(39,40)30-12-9-24(16-29(30)41-2)31(37)34-43-25-7-5-4-6-8-25/h4-12,16-17,21-23H,3,13-15,18-20H2,1-2H3,(H,34,37). The summed E-state index contributed by atoms with van der Waals surface area (Å²) in [5, 5.41) is 0. The van der Waals surface area contributed by atoms with Crippen LogP contribution in [-0.2, 0) is 15.6 Å². The van der Waals surface area contributed by atoms with E-state index in [9.17, 15) is 18.0 Å². The summed E-state index contributed by atoms with van der Waals surface area (Å²) in [5.74, 6) is 2.00. The summed E-state index contributed by atoms with van der Waals surface area (Å²) >= 11 is 0. The average Bonchev–Trinajstić information content (AvgIpc) is 3.32. The first kappa shape index (κ1) is 28.5. The Hall–Kier alpha value is -4.25. The van der Waals surface area contributed by atoms with Crippen LogP contribution in [0, 0.1) is 17.8 Å². The van der Waals surface area contributed by atoms with Gasteiger partial charge in [-0.25, -0.2) is 13.2 Å². The molecule has 0 unspecified atom stereocenters. The van der Waals surface area contributed by atoms with E-state index in [2.05, 4.69) is 5.48 Å². The highest BCUT2D eigenvalue weighted by molar-refractivity contribution is 7.90. The van der Waals surface area contributed by atoms with E-state index in [1.165, 1.54) is 44.6 Å². The van der Waals surface area contributed by atoms with Crippen molar-refractivity contribution < 1.29 is 27.5 Å². The Balaban J connectivity index is 1.31. The minimum Gasteiger partial charge on any atom is -0.495 e. The fraction of sp³-hybridized carbons (Fsp3) is 0.394. The average molecular weight is 618 g/mol. The summed E-state index contributed by atoms with van der Waals surface area (Å²) in [6.07, 6.45) is 6.16. The summed E-state index contributed by atoms with van der Waals surface area (Å²) in [6.45, 7) is 2.33. The van der Waals surface area contributed by atoms with Gasteiger partial charge in [0.25, 0.3) is 15.9 Å². The first-order chi connectivity index (χ1) is 21.2. The zero-order valence-electron chi connectivity index (χ0n) is 24.7. The van der Waals surface area contributed by atoms with E-state index in [1.807, 2.05) is 13.0 Å². The largest absolute Gasteiger partial charge is 0.495 e. The lowest BCUT2D eigenvalue weighted by molar-refractivity contribution is -0.0426. The highest BCUT2D eigenvalue weighted by Gasteiger charge is 2.53. The number of methoxy groups -OCH3 is 1. The van der Waals surface area contributed by atoms with Crippen molar-refractivity contribution in [3.63, 3.8) is 0 Å². The molecule has 4 aromatic rings. The molecule has 4 fully saturated rings. The van der Waals surface area contributed by atoms with Crippen LogP contribution in [0.2, 0.25) is 0 Å². The number of carbonyl (C=O) groups excluding carboxylic acids is 1. The van der Waals surface area contributed by atoms with Crippen molar-refractivity contribution in [1.82, 2.24) is 14.0 Å². The molecule has 4 aliphatic carbocycles. The second-order valence-electron chi connectivity index (χ2n) is 12.3. The lowest BCUT2D eigenvalue weighted by Crippen LogP contribution is -2.54. The van der Waals surface area contributed by atoms with E-state index >= 15 is 0 Å². The molecule has 0 radical (unpaired) electrons. The second-order valence-corrected chi connectivity index (χ2v) is 14.1. The van der Waals surface area contributed by atoms with Gasteiger partial charge >= 0.3 is 5.69 Å². The molecule has 1 N–H and O–H groups in total. The van der Waals surface area contributed by atoms with Crippen LogP contribution in [0.25, 0.3) is 11.0 Å². The third-order valence-electron chi connectivity index (χ3n) is 9.51. The highest BCUT2D eigenvalue weighted by atomic mass is 32.2. The number of fused-ring (bicyclic) bond motifs is 1. The number of aromatic nitrogens is 2. The number of hydrogen-bond donors (Lipinski definition) is 1. The Bertz CT molecular complexity index is 1880. The quantitative estimate of drug-likeness (QED) is 0.260. The van der Waals surface area contributed by atoms with Crippen LogP contribution >= 0.6 is 0 Å². The van der Waals surface area contributed by atoms with Gasteiger partial charge in [0.15, 0.2) is 5.75 Å². The smallest absolute Gasteiger partial charge is 0.343 e. The van der Waals surface area contributed by atoms with Crippen molar-refractivity contribution >= 4 is 27.0 Å². The molecule has 4 saturated carbocycles. The van der Waals surface area contributed by atoms with Gasteiger partial charge in [-0.3, -0.25) is 9.36 Å². The van der Waals surface area contributed by atoms with Gasteiger partial charge in [-0.2, -0.15) is 9.45 Å². The number of amides is 1. The van der Waals surface area contributed by atoms with Crippen molar-refractivity contribution in [2.45, 2.75) is 55.9 Å². The number of nitrogens with one attached hydrogen (secondary N) is 1. The number of imidazole rings is 1. The van der Waals surface area contributed by atoms with E-state index in [0.717, 1.165) is 23.2 Å². The molecule has 0 saturated heterocycles. The van der Waals surface area contributed by atoms with Crippen LogP contribution in [0.5, 0.6) is 17.2 Å². The molecule has 1 heterocycles. The monoisotopic (exact) mass is 617 g/mol. The van der Waals surface area contributed by atoms with Crippen molar-refractivity contribution in [1.29, 1.82) is 0 Å². The molecule has 44 heavy (non-hydrogen) atoms. The fourth-order valence-electron chi connectivity index (χ4n) is 8.21. The minimum absolute atomic E-state index is 0.0640. The first-order valence-corrected chi connectivity index (χ1v) is 16.5. The second kappa shape index (κ2) is 10.7. The molecule has 1 aromatic heterocycles. The SMILES string of the molecule is CCOc1ccc2c(c1)n(C13CC4CC(CC(C4)C1)C3)c(=O)n2S(=O)(=O)c1ccc(C(=O)NOc2ccccc2)cc1OC. The van der Waals surface area contributed by atoms with Gasteiger partial charge in [-0.1, -0.05) is 18.2 Å². The Morgan fingerprint density at radius 3 is 2.23 bits per heavy atom. The van der Waals surface area contributed by atoms with Crippen molar-refractivity contribution in [2.24, 2.45) is 17.8 Å². The molecule has 10 nitrogen and oxygen atoms in total. The topological polar surface area (TPSA) is 118 Å². The third-order valence-corrected chi connectivity index (χ3v) is 11.2. The Kier molecular flexibility index (Phi) is 6.95. The van der Waals surface area contributed by atoms with Crippen molar-refractivity contribution in [2.75, 3.05) is 13.7 Å². The van der Waals surface area contributed by atoms with Crippen molar-refractivity contribution in [3.8, 4) is 17.2 Å². The van der Waals surface area contributed by atoms with Crippen LogP contribution in [-0.4, -0.2) is 36.6 Å². The van der Waals surface area contributed by atoms with E-state index in [4.69, 9.17) is 14.3 Å². The maximum atomic E-state index is 14.5. The number of hydroxylamine groups is 1. The van der Waals surface area contributed by atoms with E-state index < -0.39 is 27.2 Å². The van der Waals surface area contributed by atoms with E-state index in [1.54, 1.807) is 47.0 Å². The summed E-state index contributed by atoms with van der Waals surface area (Å²) in [7, 11) is -3.13. The normalized spacial score (nSPS) is 23.9. The van der Waals surface area contributed by atoms with Gasteiger partial charge in [0.2, 0.25) is 0 Å². The zero-order chi connectivity index (χ0) is 30.6. The van der Waals surface area contributed by atoms with Gasteiger partial charge in [-0.05, 0) is 106 Å². The molecule has 0 atom stereocenters. The maximum Gasteiger partial charge on any atom is 0.343 e. The van der Waals surface area contributed by atoms with E-state index in [0.29, 0.717) is 41.4 Å². The van der Waals surface area contributed by atoms with Gasteiger partial charge in [0, 0.05) is 11.6 Å². The molecule has 0 spiro atoms. The number of ether oxygens (including phenoxy) is 2. The molecule has 1 amide bonds. The highest BCUT2D eigenvalue weighted by Crippen LogP contribution is 2.59. The van der Waals surface area contributed by atoms with Gasteiger partial charge in [-0.15, -0.1) is 0 Å². The molecule has 11 heteroatoms. The van der Waals surface area contributed by atoms with Crippen molar-refractivity contribution in [3.05, 3.63) is 82.8 Å². The number of benzene rings is 3. The summed E-state index contributed by atoms with van der Waals surface area (Å²) < 4.78 is 42.7. The minimum atomic E-state index is -4.46. The van der Waals surface area contributed by atoms with E-state index in [-0.39, 0.29) is 21.7 Å². The molecule has 230 valence electrons. The predicted molar refractivity (Wildman–Crippen MR) is 164 cm³/mol. The predicted octanol–water partition coefficient (Wildman–Crippen LogP) is 5.10. The summed E-state index contributed by atoms with van der Waals surface area (Å²) in [6, 6.07) is 17.9. The number of rotatable bonds is 9. The van der Waals surface area contributed by atoms with Gasteiger partial charge in [0.1, 0.15) is 16.4 Å². The van der Waals surface area contributed by atoms with Crippen LogP contribution < -0.4 is 25.5 Å². The Labute approximate surface area is 255 Å². The molecular formula is C33H35N3O7S. The molecular weight excluding hydrogens is 582 g/mol. The number of hydrogen-bond acceptors (Lipinski definition) is 7. The maximum absolute atomic E-state index is 14.5. The van der Waals surface area contributed by atoms with Gasteiger partial charge < -0.3 is 14.3 Å². The molecule has 4 bridgehead atoms. The summed E-state index contributed by atoms with van der Waals surface area (Å²) in [4.78, 5) is 32.4. The fourth-order valence-corrected chi connectivity index (χ4v) is 9.74. The lowest BCUT2D eigenvalue weighted by atomic mass is 9.53. The van der Waals surface area contributed by atoms with Crippen LogP contribution in [0.15, 0.2) is 76.4 Å². The molecule has 8 rings (SSSR count). The number of nitrogens with zero attached hydrogens (tertiary/aromatic N) is 2. The number of para-hydroxylation sites is 1. The molecule has 0 aliphatic heterocycles. The first-order valence-electron chi connectivity index (χ1n) is 15.1.